The quantitative estimate of drug-likeness (QED) is 0.514. The number of hydrogen-bond acceptors (Lipinski definition) is 8. The number of methoxy groups -OCH3 is 1. The summed E-state index contributed by atoms with van der Waals surface area (Å²) >= 11 is 1.91. The summed E-state index contributed by atoms with van der Waals surface area (Å²) in [6.45, 7) is 1.49. The predicted octanol–water partition coefficient (Wildman–Crippen LogP) is 3.77. The van der Waals surface area contributed by atoms with Crippen LogP contribution in [0.3, 0.4) is 0 Å². The number of aromatic nitrogens is 1. The molecule has 0 radical (unpaired) electrons. The van der Waals surface area contributed by atoms with E-state index in [1.165, 1.54) is 18.4 Å². The number of nitrogens with one attached hydrogen (secondary N) is 2. The van der Waals surface area contributed by atoms with Crippen molar-refractivity contribution in [1.29, 1.82) is 0 Å². The van der Waals surface area contributed by atoms with Gasteiger partial charge in [-0.05, 0) is 60.6 Å². The molecule has 1 aromatic heterocycles. The van der Waals surface area contributed by atoms with Gasteiger partial charge in [0.05, 0.1) is 22.2 Å². The van der Waals surface area contributed by atoms with Crippen molar-refractivity contribution in [3.8, 4) is 5.75 Å². The summed E-state index contributed by atoms with van der Waals surface area (Å²) < 4.78 is 5.98. The number of carbonyl (C=O) groups is 4. The van der Waals surface area contributed by atoms with Crippen molar-refractivity contribution in [1.82, 2.24) is 9.88 Å². The fourth-order valence-electron chi connectivity index (χ4n) is 3.00. The highest BCUT2D eigenvalue weighted by atomic mass is 32.2. The summed E-state index contributed by atoms with van der Waals surface area (Å²) in [4.78, 5) is 54.6. The number of ether oxygens (including phenoxy) is 1. The molecule has 0 atom stereocenters. The molecule has 1 aliphatic rings. The van der Waals surface area contributed by atoms with Crippen LogP contribution < -0.4 is 15.4 Å². The molecule has 33 heavy (non-hydrogen) atoms. The molecular formula is C22H18N4O5S2. The van der Waals surface area contributed by atoms with Gasteiger partial charge in [0, 0.05) is 11.8 Å². The highest BCUT2D eigenvalue weighted by Crippen LogP contribution is 2.31. The van der Waals surface area contributed by atoms with Crippen LogP contribution in [0.1, 0.15) is 5.56 Å². The molecule has 0 aliphatic carbocycles. The summed E-state index contributed by atoms with van der Waals surface area (Å²) in [6.07, 6.45) is 1.04. The number of aryl methyl sites for hydroxylation is 1. The SMILES string of the molecule is COc1ccc(NC(=O)/C=C2\SC(=O)N(CC(=O)Nc3nc4ccc(C)cc4s3)C2=O)cc1. The Morgan fingerprint density at radius 1 is 1.12 bits per heavy atom. The molecule has 1 fully saturated rings. The third-order valence-corrected chi connectivity index (χ3v) is 6.43. The van der Waals surface area contributed by atoms with Crippen molar-refractivity contribution >= 4 is 67.1 Å². The molecule has 1 aliphatic heterocycles. The number of thiazole rings is 1. The molecule has 2 N–H and O–H groups in total. The zero-order valence-electron chi connectivity index (χ0n) is 17.6. The van der Waals surface area contributed by atoms with Gasteiger partial charge in [0.1, 0.15) is 12.3 Å². The Kier molecular flexibility index (Phi) is 6.43. The second-order valence-corrected chi connectivity index (χ2v) is 9.05. The third-order valence-electron chi connectivity index (χ3n) is 4.59. The lowest BCUT2D eigenvalue weighted by Gasteiger charge is -2.11. The van der Waals surface area contributed by atoms with Gasteiger partial charge in [0.2, 0.25) is 11.8 Å². The second-order valence-electron chi connectivity index (χ2n) is 7.02. The van der Waals surface area contributed by atoms with Crippen LogP contribution in [0.5, 0.6) is 5.75 Å². The highest BCUT2D eigenvalue weighted by molar-refractivity contribution is 8.18. The molecule has 3 aromatic rings. The van der Waals surface area contributed by atoms with Crippen molar-refractivity contribution in [2.24, 2.45) is 0 Å². The van der Waals surface area contributed by atoms with Gasteiger partial charge >= 0.3 is 0 Å². The first-order chi connectivity index (χ1) is 15.8. The lowest BCUT2D eigenvalue weighted by Crippen LogP contribution is -2.36. The summed E-state index contributed by atoms with van der Waals surface area (Å²) in [7, 11) is 1.53. The van der Waals surface area contributed by atoms with Gasteiger partial charge in [-0.15, -0.1) is 0 Å². The van der Waals surface area contributed by atoms with Crippen LogP contribution >= 0.6 is 23.1 Å². The number of fused-ring (bicyclic) bond motifs is 1. The van der Waals surface area contributed by atoms with E-state index in [4.69, 9.17) is 4.74 Å². The molecule has 0 saturated carbocycles. The van der Waals surface area contributed by atoms with E-state index in [1.807, 2.05) is 25.1 Å². The Balaban J connectivity index is 1.38. The summed E-state index contributed by atoms with van der Waals surface area (Å²) in [5.74, 6) is -1.20. The maximum absolute atomic E-state index is 12.6. The van der Waals surface area contributed by atoms with E-state index in [0.717, 1.165) is 26.8 Å². The fourth-order valence-corrected chi connectivity index (χ4v) is 4.79. The van der Waals surface area contributed by atoms with Crippen LogP contribution in [0.4, 0.5) is 15.6 Å². The van der Waals surface area contributed by atoms with Gasteiger partial charge in [-0.2, -0.15) is 0 Å². The number of carbonyl (C=O) groups excluding carboxylic acids is 4. The average molecular weight is 483 g/mol. The van der Waals surface area contributed by atoms with E-state index in [2.05, 4.69) is 15.6 Å². The average Bonchev–Trinajstić information content (AvgIpc) is 3.28. The molecule has 1 saturated heterocycles. The summed E-state index contributed by atoms with van der Waals surface area (Å²) in [5, 5.41) is 4.98. The van der Waals surface area contributed by atoms with Crippen molar-refractivity contribution in [2.45, 2.75) is 6.92 Å². The normalized spacial score (nSPS) is 14.7. The highest BCUT2D eigenvalue weighted by Gasteiger charge is 2.37. The monoisotopic (exact) mass is 482 g/mol. The topological polar surface area (TPSA) is 118 Å². The Labute approximate surface area is 196 Å². The number of imide groups is 1. The van der Waals surface area contributed by atoms with Crippen LogP contribution in [-0.2, 0) is 14.4 Å². The Bertz CT molecular complexity index is 1300. The largest absolute Gasteiger partial charge is 0.497 e. The van der Waals surface area contributed by atoms with Crippen LogP contribution in [0.2, 0.25) is 0 Å². The number of amides is 4. The molecule has 0 unspecified atom stereocenters. The minimum Gasteiger partial charge on any atom is -0.497 e. The lowest BCUT2D eigenvalue weighted by atomic mass is 10.2. The van der Waals surface area contributed by atoms with Gasteiger partial charge in [-0.3, -0.25) is 24.1 Å². The van der Waals surface area contributed by atoms with Crippen LogP contribution in [0, 0.1) is 6.92 Å². The summed E-state index contributed by atoms with van der Waals surface area (Å²) in [5.41, 5.74) is 2.32. The Hall–Kier alpha value is -3.70. The molecule has 9 nitrogen and oxygen atoms in total. The van der Waals surface area contributed by atoms with Gasteiger partial charge in [-0.1, -0.05) is 17.4 Å². The first-order valence-electron chi connectivity index (χ1n) is 9.70. The molecular weight excluding hydrogens is 464 g/mol. The number of rotatable bonds is 6. The Morgan fingerprint density at radius 2 is 1.88 bits per heavy atom. The molecule has 2 aromatic carbocycles. The molecule has 2 heterocycles. The Morgan fingerprint density at radius 3 is 2.61 bits per heavy atom. The maximum Gasteiger partial charge on any atom is 0.294 e. The van der Waals surface area contributed by atoms with E-state index >= 15 is 0 Å². The fraction of sp³-hybridized carbons (Fsp3) is 0.136. The molecule has 0 spiro atoms. The first kappa shape index (κ1) is 22.5. The first-order valence-corrected chi connectivity index (χ1v) is 11.3. The third kappa shape index (κ3) is 5.21. The minimum absolute atomic E-state index is 0.0609. The van der Waals surface area contributed by atoms with E-state index in [0.29, 0.717) is 28.3 Å². The maximum atomic E-state index is 12.6. The molecule has 0 bridgehead atoms. The second kappa shape index (κ2) is 9.43. The van der Waals surface area contributed by atoms with Crippen molar-refractivity contribution in [3.05, 3.63) is 59.0 Å². The zero-order chi connectivity index (χ0) is 23.5. The number of benzene rings is 2. The van der Waals surface area contributed by atoms with Crippen LogP contribution in [-0.4, -0.2) is 46.5 Å². The van der Waals surface area contributed by atoms with Crippen LogP contribution in [0.25, 0.3) is 10.2 Å². The van der Waals surface area contributed by atoms with E-state index in [-0.39, 0.29) is 4.91 Å². The number of nitrogens with zero attached hydrogens (tertiary/aromatic N) is 2. The van der Waals surface area contributed by atoms with E-state index < -0.39 is 29.5 Å². The van der Waals surface area contributed by atoms with E-state index in [1.54, 1.807) is 24.3 Å². The molecule has 4 amide bonds. The predicted molar refractivity (Wildman–Crippen MR) is 127 cm³/mol. The lowest BCUT2D eigenvalue weighted by molar-refractivity contribution is -0.127. The zero-order valence-corrected chi connectivity index (χ0v) is 19.2. The van der Waals surface area contributed by atoms with Gasteiger partial charge in [0.15, 0.2) is 5.13 Å². The van der Waals surface area contributed by atoms with Crippen molar-refractivity contribution in [3.63, 3.8) is 0 Å². The molecule has 11 heteroatoms. The smallest absolute Gasteiger partial charge is 0.294 e. The number of anilines is 2. The van der Waals surface area contributed by atoms with Gasteiger partial charge in [-0.25, -0.2) is 4.98 Å². The van der Waals surface area contributed by atoms with Crippen molar-refractivity contribution in [2.75, 3.05) is 24.3 Å². The standard InChI is InChI=1S/C22H18N4O5S2/c1-12-3-8-15-16(9-12)32-21(24-15)25-19(28)11-26-20(29)17(33-22(26)30)10-18(27)23-13-4-6-14(31-2)7-5-13/h3-10H,11H2,1-2H3,(H,23,27)(H,24,25,28)/b17-10-. The molecule has 168 valence electrons. The van der Waals surface area contributed by atoms with Gasteiger partial charge in [0.25, 0.3) is 11.1 Å². The van der Waals surface area contributed by atoms with E-state index in [9.17, 15) is 19.2 Å². The van der Waals surface area contributed by atoms with Crippen molar-refractivity contribution < 1.29 is 23.9 Å². The minimum atomic E-state index is -0.704. The molecule has 4 rings (SSSR count). The summed E-state index contributed by atoms with van der Waals surface area (Å²) in [6, 6.07) is 12.4. The number of hydrogen-bond donors (Lipinski definition) is 2. The van der Waals surface area contributed by atoms with Crippen LogP contribution in [0.15, 0.2) is 53.4 Å². The number of thioether (sulfide) groups is 1. The van der Waals surface area contributed by atoms with Gasteiger partial charge < -0.3 is 15.4 Å².